The number of nitrogens with two attached hydrogens (primary N) is 1. The first-order valence-electron chi connectivity index (χ1n) is 6.83. The third-order valence-corrected chi connectivity index (χ3v) is 3.91. The van der Waals surface area contributed by atoms with Crippen LogP contribution in [0.5, 0.6) is 0 Å². The van der Waals surface area contributed by atoms with Crippen molar-refractivity contribution >= 4 is 17.7 Å². The molecule has 112 valence electrons. The Hall–Kier alpha value is -2.02. The third kappa shape index (κ3) is 4.49. The lowest BCUT2D eigenvalue weighted by Crippen LogP contribution is -2.27. The SMILES string of the molecule is CCc1nnc(SCC(=O)NCCc2ccccc2)n1N. The number of aryl methyl sites for hydroxylation is 1. The van der Waals surface area contributed by atoms with Gasteiger partial charge in [-0.25, -0.2) is 4.68 Å². The number of thioether (sulfide) groups is 1. The van der Waals surface area contributed by atoms with Crippen molar-refractivity contribution in [2.45, 2.75) is 24.9 Å². The summed E-state index contributed by atoms with van der Waals surface area (Å²) in [5.74, 6) is 6.78. The predicted molar refractivity (Wildman–Crippen MR) is 83.4 cm³/mol. The van der Waals surface area contributed by atoms with E-state index in [4.69, 9.17) is 5.84 Å². The van der Waals surface area contributed by atoms with Gasteiger partial charge in [0.15, 0.2) is 5.82 Å². The van der Waals surface area contributed by atoms with Crippen molar-refractivity contribution in [2.24, 2.45) is 0 Å². The summed E-state index contributed by atoms with van der Waals surface area (Å²) in [5, 5.41) is 11.4. The highest BCUT2D eigenvalue weighted by Crippen LogP contribution is 2.14. The summed E-state index contributed by atoms with van der Waals surface area (Å²) in [7, 11) is 0. The van der Waals surface area contributed by atoms with E-state index >= 15 is 0 Å². The number of hydrogen-bond acceptors (Lipinski definition) is 5. The molecular formula is C14H19N5OS. The molecule has 0 fully saturated rings. The van der Waals surface area contributed by atoms with E-state index in [-0.39, 0.29) is 11.7 Å². The Morgan fingerprint density at radius 3 is 2.76 bits per heavy atom. The second kappa shape index (κ2) is 7.68. The van der Waals surface area contributed by atoms with Crippen LogP contribution in [0, 0.1) is 0 Å². The van der Waals surface area contributed by atoms with Crippen LogP contribution in [0.1, 0.15) is 18.3 Å². The Balaban J connectivity index is 1.71. The number of carbonyl (C=O) groups excluding carboxylic acids is 1. The van der Waals surface area contributed by atoms with Crippen molar-refractivity contribution < 1.29 is 4.79 Å². The van der Waals surface area contributed by atoms with Crippen molar-refractivity contribution in [3.05, 3.63) is 41.7 Å². The molecule has 0 spiro atoms. The molecule has 6 nitrogen and oxygen atoms in total. The number of aromatic nitrogens is 3. The number of nitrogens with one attached hydrogen (secondary N) is 1. The normalized spacial score (nSPS) is 10.5. The maximum atomic E-state index is 11.8. The van der Waals surface area contributed by atoms with Gasteiger partial charge in [0.05, 0.1) is 5.75 Å². The van der Waals surface area contributed by atoms with Crippen LogP contribution in [0.3, 0.4) is 0 Å². The number of nitrogens with zero attached hydrogens (tertiary/aromatic N) is 3. The molecule has 2 aromatic rings. The maximum Gasteiger partial charge on any atom is 0.230 e. The summed E-state index contributed by atoms with van der Waals surface area (Å²) in [6.45, 7) is 2.58. The summed E-state index contributed by atoms with van der Waals surface area (Å²) >= 11 is 1.29. The number of benzene rings is 1. The van der Waals surface area contributed by atoms with Gasteiger partial charge in [-0.15, -0.1) is 10.2 Å². The Morgan fingerprint density at radius 2 is 2.10 bits per heavy atom. The first kappa shape index (κ1) is 15.4. The van der Waals surface area contributed by atoms with Gasteiger partial charge < -0.3 is 11.2 Å². The molecule has 0 unspecified atom stereocenters. The highest BCUT2D eigenvalue weighted by Gasteiger charge is 2.10. The summed E-state index contributed by atoms with van der Waals surface area (Å²) in [6, 6.07) is 10.1. The smallest absolute Gasteiger partial charge is 0.230 e. The fraction of sp³-hybridized carbons (Fsp3) is 0.357. The van der Waals surface area contributed by atoms with Gasteiger partial charge in [0.1, 0.15) is 0 Å². The van der Waals surface area contributed by atoms with E-state index < -0.39 is 0 Å². The fourth-order valence-electron chi connectivity index (χ4n) is 1.82. The minimum atomic E-state index is -0.0306. The number of amides is 1. The highest BCUT2D eigenvalue weighted by atomic mass is 32.2. The Morgan fingerprint density at radius 1 is 1.33 bits per heavy atom. The zero-order valence-electron chi connectivity index (χ0n) is 12.0. The molecule has 0 aliphatic heterocycles. The molecule has 0 aliphatic carbocycles. The van der Waals surface area contributed by atoms with E-state index in [0.717, 1.165) is 6.42 Å². The van der Waals surface area contributed by atoms with E-state index in [2.05, 4.69) is 15.5 Å². The maximum absolute atomic E-state index is 11.8. The monoisotopic (exact) mass is 305 g/mol. The molecule has 2 rings (SSSR count). The Labute approximate surface area is 128 Å². The molecule has 0 saturated carbocycles. The lowest BCUT2D eigenvalue weighted by atomic mass is 10.1. The van der Waals surface area contributed by atoms with E-state index in [0.29, 0.717) is 23.9 Å². The van der Waals surface area contributed by atoms with Crippen LogP contribution in [0.4, 0.5) is 0 Å². The van der Waals surface area contributed by atoms with E-state index in [1.807, 2.05) is 37.3 Å². The average molecular weight is 305 g/mol. The van der Waals surface area contributed by atoms with Crippen LogP contribution in [-0.4, -0.2) is 33.1 Å². The highest BCUT2D eigenvalue weighted by molar-refractivity contribution is 7.99. The first-order valence-corrected chi connectivity index (χ1v) is 7.82. The topological polar surface area (TPSA) is 85.8 Å². The molecule has 1 aromatic heterocycles. The van der Waals surface area contributed by atoms with Crippen LogP contribution < -0.4 is 11.2 Å². The lowest BCUT2D eigenvalue weighted by Gasteiger charge is -2.05. The lowest BCUT2D eigenvalue weighted by molar-refractivity contribution is -0.118. The van der Waals surface area contributed by atoms with Crippen LogP contribution in [0.15, 0.2) is 35.5 Å². The molecule has 0 aliphatic rings. The molecule has 0 atom stereocenters. The summed E-state index contributed by atoms with van der Waals surface area (Å²) in [5.41, 5.74) is 1.21. The fourth-order valence-corrected chi connectivity index (χ4v) is 2.52. The molecule has 1 amide bonds. The van der Waals surface area contributed by atoms with Crippen molar-refractivity contribution in [2.75, 3.05) is 18.1 Å². The van der Waals surface area contributed by atoms with Gasteiger partial charge in [0.2, 0.25) is 11.1 Å². The standard InChI is InChI=1S/C14H19N5OS/c1-2-12-17-18-14(19(12)15)21-10-13(20)16-9-8-11-6-4-3-5-7-11/h3-7H,2,8-10,15H2,1H3,(H,16,20). The van der Waals surface area contributed by atoms with Crippen LogP contribution in [0.25, 0.3) is 0 Å². The number of hydrogen-bond donors (Lipinski definition) is 2. The molecule has 1 heterocycles. The molecular weight excluding hydrogens is 286 g/mol. The van der Waals surface area contributed by atoms with Crippen molar-refractivity contribution in [3.63, 3.8) is 0 Å². The molecule has 0 radical (unpaired) electrons. The van der Waals surface area contributed by atoms with Gasteiger partial charge in [-0.3, -0.25) is 4.79 Å². The van der Waals surface area contributed by atoms with E-state index in [1.165, 1.54) is 22.0 Å². The molecule has 7 heteroatoms. The minimum absolute atomic E-state index is 0.0306. The molecule has 0 bridgehead atoms. The van der Waals surface area contributed by atoms with Gasteiger partial charge in [-0.05, 0) is 12.0 Å². The number of rotatable bonds is 7. The van der Waals surface area contributed by atoms with Crippen LogP contribution >= 0.6 is 11.8 Å². The molecule has 3 N–H and O–H groups in total. The quantitative estimate of drug-likeness (QED) is 0.589. The van der Waals surface area contributed by atoms with Crippen LogP contribution in [0.2, 0.25) is 0 Å². The van der Waals surface area contributed by atoms with Crippen molar-refractivity contribution in [3.8, 4) is 0 Å². The van der Waals surface area contributed by atoms with Gasteiger partial charge in [-0.2, -0.15) is 0 Å². The third-order valence-electron chi connectivity index (χ3n) is 2.96. The number of nitrogen functional groups attached to an aromatic ring is 1. The Bertz CT molecular complexity index is 584. The minimum Gasteiger partial charge on any atom is -0.355 e. The van der Waals surface area contributed by atoms with E-state index in [1.54, 1.807) is 0 Å². The summed E-state index contributed by atoms with van der Waals surface area (Å²) in [4.78, 5) is 11.8. The van der Waals surface area contributed by atoms with E-state index in [9.17, 15) is 4.79 Å². The molecule has 21 heavy (non-hydrogen) atoms. The largest absolute Gasteiger partial charge is 0.355 e. The molecule has 0 saturated heterocycles. The van der Waals surface area contributed by atoms with Gasteiger partial charge >= 0.3 is 0 Å². The first-order chi connectivity index (χ1) is 10.2. The van der Waals surface area contributed by atoms with Gasteiger partial charge in [-0.1, -0.05) is 49.0 Å². The second-order valence-electron chi connectivity index (χ2n) is 4.50. The summed E-state index contributed by atoms with van der Waals surface area (Å²) < 4.78 is 1.43. The Kier molecular flexibility index (Phi) is 5.62. The van der Waals surface area contributed by atoms with Gasteiger partial charge in [0, 0.05) is 13.0 Å². The number of carbonyl (C=O) groups is 1. The summed E-state index contributed by atoms with van der Waals surface area (Å²) in [6.07, 6.45) is 1.54. The van der Waals surface area contributed by atoms with Crippen molar-refractivity contribution in [1.82, 2.24) is 20.2 Å². The predicted octanol–water partition coefficient (Wildman–Crippen LogP) is 1.01. The van der Waals surface area contributed by atoms with Crippen LogP contribution in [-0.2, 0) is 17.6 Å². The zero-order chi connectivity index (χ0) is 15.1. The zero-order valence-corrected chi connectivity index (χ0v) is 12.8. The van der Waals surface area contributed by atoms with Crippen molar-refractivity contribution in [1.29, 1.82) is 0 Å². The second-order valence-corrected chi connectivity index (χ2v) is 5.44. The molecule has 1 aromatic carbocycles. The van der Waals surface area contributed by atoms with Gasteiger partial charge in [0.25, 0.3) is 0 Å². The average Bonchev–Trinajstić information content (AvgIpc) is 2.86.